The molecule has 0 aromatic carbocycles. The summed E-state index contributed by atoms with van der Waals surface area (Å²) in [5, 5.41) is 17.6. The van der Waals surface area contributed by atoms with Crippen molar-refractivity contribution >= 4 is 5.97 Å². The molecule has 0 aliphatic heterocycles. The molecule has 0 spiro atoms. The van der Waals surface area contributed by atoms with Crippen molar-refractivity contribution in [3.05, 3.63) is 0 Å². The minimum atomic E-state index is -0.957. The minimum Gasteiger partial charge on any atom is -0.463 e. The second-order valence-corrected chi connectivity index (χ2v) is 4.86. The van der Waals surface area contributed by atoms with E-state index in [1.54, 1.807) is 0 Å². The molecule has 0 amide bonds. The first-order chi connectivity index (χ1) is 8.63. The van der Waals surface area contributed by atoms with Gasteiger partial charge >= 0.3 is 5.97 Å². The summed E-state index contributed by atoms with van der Waals surface area (Å²) in [7, 11) is 0. The molecule has 0 heterocycles. The lowest BCUT2D eigenvalue weighted by molar-refractivity contribution is -0.147. The summed E-state index contributed by atoms with van der Waals surface area (Å²) in [6.45, 7) is 3.89. The van der Waals surface area contributed by atoms with E-state index in [-0.39, 0.29) is 19.2 Å². The van der Waals surface area contributed by atoms with Crippen molar-refractivity contribution < 1.29 is 19.7 Å². The molecule has 1 atom stereocenters. The van der Waals surface area contributed by atoms with Crippen molar-refractivity contribution in [3.8, 4) is 0 Å². The lowest BCUT2D eigenvalue weighted by atomic mass is 9.93. The second-order valence-electron chi connectivity index (χ2n) is 4.86. The molecule has 4 heteroatoms. The highest BCUT2D eigenvalue weighted by atomic mass is 16.5. The average Bonchev–Trinajstić information content (AvgIpc) is 2.36. The summed E-state index contributed by atoms with van der Waals surface area (Å²) in [4.78, 5) is 11.3. The zero-order valence-electron chi connectivity index (χ0n) is 11.7. The third-order valence-electron chi connectivity index (χ3n) is 3.03. The SMILES string of the molecule is CCCC(CCC)CCCC(=O)OCC(O)CO. The van der Waals surface area contributed by atoms with E-state index in [0.717, 1.165) is 18.8 Å². The summed E-state index contributed by atoms with van der Waals surface area (Å²) < 4.78 is 4.85. The first kappa shape index (κ1) is 17.4. The zero-order chi connectivity index (χ0) is 13.8. The van der Waals surface area contributed by atoms with Crippen LogP contribution in [0.15, 0.2) is 0 Å². The molecule has 4 nitrogen and oxygen atoms in total. The quantitative estimate of drug-likeness (QED) is 0.559. The summed E-state index contributed by atoms with van der Waals surface area (Å²) in [5.74, 6) is 0.435. The number of hydrogen-bond donors (Lipinski definition) is 2. The smallest absolute Gasteiger partial charge is 0.305 e. The Morgan fingerprint density at radius 3 is 2.28 bits per heavy atom. The Hall–Kier alpha value is -0.610. The molecule has 0 saturated carbocycles. The van der Waals surface area contributed by atoms with Crippen LogP contribution in [0, 0.1) is 5.92 Å². The third kappa shape index (κ3) is 9.42. The van der Waals surface area contributed by atoms with Crippen LogP contribution in [-0.4, -0.2) is 35.5 Å². The first-order valence-corrected chi connectivity index (χ1v) is 7.08. The number of ether oxygens (including phenoxy) is 1. The number of carbonyl (C=O) groups excluding carboxylic acids is 1. The molecule has 0 bridgehead atoms. The summed E-state index contributed by atoms with van der Waals surface area (Å²) in [5.41, 5.74) is 0. The Labute approximate surface area is 110 Å². The van der Waals surface area contributed by atoms with E-state index in [1.165, 1.54) is 25.7 Å². The number of carbonyl (C=O) groups is 1. The van der Waals surface area contributed by atoms with Gasteiger partial charge in [-0.2, -0.15) is 0 Å². The fourth-order valence-corrected chi connectivity index (χ4v) is 2.10. The first-order valence-electron chi connectivity index (χ1n) is 7.08. The highest BCUT2D eigenvalue weighted by molar-refractivity contribution is 5.69. The molecule has 0 aromatic heterocycles. The van der Waals surface area contributed by atoms with E-state index in [0.29, 0.717) is 6.42 Å². The highest BCUT2D eigenvalue weighted by Crippen LogP contribution is 2.20. The van der Waals surface area contributed by atoms with Crippen molar-refractivity contribution in [2.45, 2.75) is 64.9 Å². The predicted octanol–water partition coefficient (Wildman–Crippen LogP) is 2.27. The molecular formula is C14H28O4. The highest BCUT2D eigenvalue weighted by Gasteiger charge is 2.10. The summed E-state index contributed by atoms with van der Waals surface area (Å²) in [6, 6.07) is 0. The maximum Gasteiger partial charge on any atom is 0.305 e. The Morgan fingerprint density at radius 1 is 1.17 bits per heavy atom. The Balaban J connectivity index is 3.64. The molecule has 0 saturated heterocycles. The molecule has 0 aromatic rings. The summed E-state index contributed by atoms with van der Waals surface area (Å²) in [6.07, 6.45) is 6.20. The van der Waals surface area contributed by atoms with E-state index in [9.17, 15) is 4.79 Å². The second kappa shape index (κ2) is 11.5. The number of aliphatic hydroxyl groups is 2. The van der Waals surface area contributed by atoms with Crippen molar-refractivity contribution in [2.24, 2.45) is 5.92 Å². The van der Waals surface area contributed by atoms with Crippen molar-refractivity contribution in [1.29, 1.82) is 0 Å². The van der Waals surface area contributed by atoms with Gasteiger partial charge in [-0.15, -0.1) is 0 Å². The van der Waals surface area contributed by atoms with Crippen LogP contribution in [0.1, 0.15) is 58.8 Å². The maximum atomic E-state index is 11.3. The Kier molecular flexibility index (Phi) is 11.1. The van der Waals surface area contributed by atoms with E-state index in [2.05, 4.69) is 13.8 Å². The van der Waals surface area contributed by atoms with Crippen LogP contribution in [-0.2, 0) is 9.53 Å². The van der Waals surface area contributed by atoms with Crippen molar-refractivity contribution in [2.75, 3.05) is 13.2 Å². The lowest BCUT2D eigenvalue weighted by Gasteiger charge is -2.14. The van der Waals surface area contributed by atoms with Crippen LogP contribution in [0.25, 0.3) is 0 Å². The van der Waals surface area contributed by atoms with Gasteiger partial charge in [0.25, 0.3) is 0 Å². The van der Waals surface area contributed by atoms with Crippen LogP contribution in [0.5, 0.6) is 0 Å². The number of hydrogen-bond acceptors (Lipinski definition) is 4. The molecule has 0 rings (SSSR count). The van der Waals surface area contributed by atoms with Gasteiger partial charge in [-0.05, 0) is 18.8 Å². The molecule has 2 N–H and O–H groups in total. The van der Waals surface area contributed by atoms with Crippen LogP contribution in [0.2, 0.25) is 0 Å². The van der Waals surface area contributed by atoms with Gasteiger partial charge in [-0.1, -0.05) is 39.5 Å². The van der Waals surface area contributed by atoms with Gasteiger partial charge in [-0.3, -0.25) is 4.79 Å². The molecule has 0 fully saturated rings. The van der Waals surface area contributed by atoms with Crippen molar-refractivity contribution in [3.63, 3.8) is 0 Å². The fourth-order valence-electron chi connectivity index (χ4n) is 2.10. The fraction of sp³-hybridized carbons (Fsp3) is 0.929. The van der Waals surface area contributed by atoms with Gasteiger partial charge in [0.1, 0.15) is 12.7 Å². The summed E-state index contributed by atoms with van der Waals surface area (Å²) >= 11 is 0. The number of rotatable bonds is 11. The molecule has 108 valence electrons. The normalized spacial score (nSPS) is 12.7. The average molecular weight is 260 g/mol. The van der Waals surface area contributed by atoms with E-state index in [1.807, 2.05) is 0 Å². The van der Waals surface area contributed by atoms with Crippen LogP contribution in [0.3, 0.4) is 0 Å². The standard InChI is InChI=1S/C14H28O4/c1-3-6-12(7-4-2)8-5-9-14(17)18-11-13(16)10-15/h12-13,15-16H,3-11H2,1-2H3. The van der Waals surface area contributed by atoms with Gasteiger partial charge in [0, 0.05) is 6.42 Å². The van der Waals surface area contributed by atoms with E-state index >= 15 is 0 Å². The van der Waals surface area contributed by atoms with Gasteiger partial charge < -0.3 is 14.9 Å². The molecular weight excluding hydrogens is 232 g/mol. The van der Waals surface area contributed by atoms with Gasteiger partial charge in [0.05, 0.1) is 6.61 Å². The predicted molar refractivity (Wildman–Crippen MR) is 71.2 cm³/mol. The Bertz CT molecular complexity index is 200. The maximum absolute atomic E-state index is 11.3. The topological polar surface area (TPSA) is 66.8 Å². The minimum absolute atomic E-state index is 0.108. The molecule has 1 unspecified atom stereocenters. The van der Waals surface area contributed by atoms with Gasteiger partial charge in [0.15, 0.2) is 0 Å². The number of esters is 1. The van der Waals surface area contributed by atoms with Crippen LogP contribution < -0.4 is 0 Å². The number of aliphatic hydroxyl groups excluding tert-OH is 2. The van der Waals surface area contributed by atoms with Crippen molar-refractivity contribution in [1.82, 2.24) is 0 Å². The lowest BCUT2D eigenvalue weighted by Crippen LogP contribution is -2.21. The molecule has 0 aliphatic carbocycles. The Morgan fingerprint density at radius 2 is 1.78 bits per heavy atom. The molecule has 18 heavy (non-hydrogen) atoms. The van der Waals surface area contributed by atoms with E-state index < -0.39 is 6.10 Å². The largest absolute Gasteiger partial charge is 0.463 e. The zero-order valence-corrected chi connectivity index (χ0v) is 11.7. The van der Waals surface area contributed by atoms with Crippen LogP contribution in [0.4, 0.5) is 0 Å². The van der Waals surface area contributed by atoms with Gasteiger partial charge in [0.2, 0.25) is 0 Å². The van der Waals surface area contributed by atoms with Gasteiger partial charge in [-0.25, -0.2) is 0 Å². The third-order valence-corrected chi connectivity index (χ3v) is 3.03. The monoisotopic (exact) mass is 260 g/mol. The van der Waals surface area contributed by atoms with E-state index in [4.69, 9.17) is 14.9 Å². The molecule has 0 aliphatic rings. The van der Waals surface area contributed by atoms with Crippen LogP contribution >= 0.6 is 0 Å². The molecule has 0 radical (unpaired) electrons.